The maximum absolute atomic E-state index is 12.8. The molecule has 166 valence electrons. The Kier molecular flexibility index (Phi) is 6.28. The Balaban J connectivity index is 0.000000360. The van der Waals surface area contributed by atoms with Crippen LogP contribution in [0.3, 0.4) is 0 Å². The van der Waals surface area contributed by atoms with Crippen LogP contribution < -0.4 is 5.32 Å². The number of imidazole rings is 1. The van der Waals surface area contributed by atoms with Crippen LogP contribution in [-0.2, 0) is 11.8 Å². The molecule has 0 fully saturated rings. The predicted molar refractivity (Wildman–Crippen MR) is 110 cm³/mol. The summed E-state index contributed by atoms with van der Waals surface area (Å²) in [5.74, 6) is -1.78. The van der Waals surface area contributed by atoms with E-state index in [9.17, 15) is 18.0 Å². The van der Waals surface area contributed by atoms with Crippen molar-refractivity contribution in [3.05, 3.63) is 72.4 Å². The molecule has 0 atom stereocenters. The Labute approximate surface area is 180 Å². The molecule has 0 aliphatic carbocycles. The maximum atomic E-state index is 12.8. The molecule has 2 N–H and O–H groups in total. The summed E-state index contributed by atoms with van der Waals surface area (Å²) in [6.07, 6.45) is 2.43. The van der Waals surface area contributed by atoms with Crippen molar-refractivity contribution >= 4 is 23.2 Å². The van der Waals surface area contributed by atoms with E-state index in [2.05, 4.69) is 15.3 Å². The highest BCUT2D eigenvalue weighted by molar-refractivity contribution is 6.07. The molecule has 0 aliphatic rings. The van der Waals surface area contributed by atoms with Gasteiger partial charge in [-0.25, -0.2) is 14.8 Å². The minimum atomic E-state index is -5.08. The number of hydrogen-bond donors (Lipinski definition) is 2. The number of aryl methyl sites for hydroxylation is 2. The first-order valence-electron chi connectivity index (χ1n) is 9.20. The van der Waals surface area contributed by atoms with Gasteiger partial charge in [0, 0.05) is 37.4 Å². The van der Waals surface area contributed by atoms with Crippen LogP contribution >= 0.6 is 0 Å². The SMILES string of the molecule is Cc1ccnc(NC(=O)c2nc(-c3ccn(C)c3)n3ccccc23)c1.O=C(O)C(F)(F)F. The summed E-state index contributed by atoms with van der Waals surface area (Å²) < 4.78 is 35.6. The summed E-state index contributed by atoms with van der Waals surface area (Å²) in [4.78, 5) is 30.4. The second kappa shape index (κ2) is 8.92. The van der Waals surface area contributed by atoms with Crippen LogP contribution in [0.25, 0.3) is 16.9 Å². The highest BCUT2D eigenvalue weighted by atomic mass is 19.4. The molecule has 32 heavy (non-hydrogen) atoms. The van der Waals surface area contributed by atoms with Gasteiger partial charge in [-0.2, -0.15) is 13.2 Å². The molecular formula is C21H18F3N5O3. The lowest BCUT2D eigenvalue weighted by molar-refractivity contribution is -0.192. The molecule has 1 amide bonds. The van der Waals surface area contributed by atoms with Gasteiger partial charge in [-0.3, -0.25) is 9.20 Å². The predicted octanol–water partition coefficient (Wildman–Crippen LogP) is 3.93. The Morgan fingerprint density at radius 2 is 1.84 bits per heavy atom. The summed E-state index contributed by atoms with van der Waals surface area (Å²) in [6, 6.07) is 11.4. The van der Waals surface area contributed by atoms with Crippen molar-refractivity contribution < 1.29 is 27.9 Å². The van der Waals surface area contributed by atoms with Gasteiger partial charge in [0.15, 0.2) is 5.69 Å². The highest BCUT2D eigenvalue weighted by Crippen LogP contribution is 2.23. The first-order chi connectivity index (χ1) is 15.1. The van der Waals surface area contributed by atoms with Gasteiger partial charge in [-0.05, 0) is 42.8 Å². The summed E-state index contributed by atoms with van der Waals surface area (Å²) >= 11 is 0. The largest absolute Gasteiger partial charge is 0.490 e. The zero-order valence-corrected chi connectivity index (χ0v) is 17.0. The molecule has 0 spiro atoms. The standard InChI is InChI=1S/C19H17N5O.C2HF3O2/c1-13-6-8-20-16(11-13)21-19(25)17-15-5-3-4-9-24(15)18(22-17)14-7-10-23(2)12-14;3-2(4,5)1(6)7/h3-12H,1-2H3,(H,20,21,25);(H,6,7). The smallest absolute Gasteiger partial charge is 0.475 e. The van der Waals surface area contributed by atoms with E-state index in [0.29, 0.717) is 11.5 Å². The molecule has 0 radical (unpaired) electrons. The number of fused-ring (bicyclic) bond motifs is 1. The molecule has 0 saturated carbocycles. The molecule has 0 unspecified atom stereocenters. The van der Waals surface area contributed by atoms with E-state index in [4.69, 9.17) is 9.90 Å². The second-order valence-electron chi connectivity index (χ2n) is 6.78. The minimum Gasteiger partial charge on any atom is -0.475 e. The Morgan fingerprint density at radius 1 is 1.12 bits per heavy atom. The molecule has 11 heteroatoms. The fraction of sp³-hybridized carbons (Fsp3) is 0.143. The quantitative estimate of drug-likeness (QED) is 0.498. The number of aromatic nitrogens is 4. The van der Waals surface area contributed by atoms with Gasteiger partial charge < -0.3 is 15.0 Å². The Hall–Kier alpha value is -4.15. The number of carboxylic acids is 1. The Bertz CT molecular complexity index is 1280. The summed E-state index contributed by atoms with van der Waals surface area (Å²) in [7, 11) is 1.95. The molecule has 4 aromatic rings. The lowest BCUT2D eigenvalue weighted by atomic mass is 10.3. The maximum Gasteiger partial charge on any atom is 0.490 e. The number of carbonyl (C=O) groups excluding carboxylic acids is 1. The Morgan fingerprint density at radius 3 is 2.44 bits per heavy atom. The monoisotopic (exact) mass is 445 g/mol. The van der Waals surface area contributed by atoms with Crippen LogP contribution in [0.15, 0.2) is 61.2 Å². The van der Waals surface area contributed by atoms with Crippen molar-refractivity contribution in [2.45, 2.75) is 13.1 Å². The average molecular weight is 445 g/mol. The van der Waals surface area contributed by atoms with Gasteiger partial charge >= 0.3 is 12.1 Å². The fourth-order valence-electron chi connectivity index (χ4n) is 2.82. The lowest BCUT2D eigenvalue weighted by Crippen LogP contribution is -2.21. The number of halogens is 3. The van der Waals surface area contributed by atoms with E-state index in [1.165, 1.54) is 0 Å². The number of rotatable bonds is 3. The highest BCUT2D eigenvalue weighted by Gasteiger charge is 2.38. The molecular weight excluding hydrogens is 427 g/mol. The summed E-state index contributed by atoms with van der Waals surface area (Å²) in [5, 5.41) is 9.96. The van der Waals surface area contributed by atoms with Crippen LogP contribution in [0.1, 0.15) is 16.1 Å². The number of alkyl halides is 3. The van der Waals surface area contributed by atoms with Crippen molar-refractivity contribution in [2.75, 3.05) is 5.32 Å². The molecule has 0 saturated heterocycles. The number of nitrogens with one attached hydrogen (secondary N) is 1. The number of hydrogen-bond acceptors (Lipinski definition) is 4. The van der Waals surface area contributed by atoms with Crippen LogP contribution in [0, 0.1) is 6.92 Å². The van der Waals surface area contributed by atoms with Crippen molar-refractivity contribution in [1.29, 1.82) is 0 Å². The molecule has 0 aromatic carbocycles. The van der Waals surface area contributed by atoms with Gasteiger partial charge in [0.1, 0.15) is 11.6 Å². The van der Waals surface area contributed by atoms with E-state index >= 15 is 0 Å². The average Bonchev–Trinajstić information content (AvgIpc) is 3.31. The van der Waals surface area contributed by atoms with Gasteiger partial charge in [0.05, 0.1) is 5.52 Å². The first-order valence-corrected chi connectivity index (χ1v) is 9.20. The molecule has 4 rings (SSSR count). The van der Waals surface area contributed by atoms with E-state index in [1.54, 1.807) is 6.20 Å². The molecule has 0 bridgehead atoms. The van der Waals surface area contributed by atoms with Gasteiger partial charge in [0.2, 0.25) is 0 Å². The number of anilines is 1. The van der Waals surface area contributed by atoms with E-state index < -0.39 is 12.1 Å². The van der Waals surface area contributed by atoms with Crippen molar-refractivity contribution in [1.82, 2.24) is 18.9 Å². The summed E-state index contributed by atoms with van der Waals surface area (Å²) in [5.41, 5.74) is 3.12. The molecule has 8 nitrogen and oxygen atoms in total. The third kappa shape index (κ3) is 5.12. The number of aliphatic carboxylic acids is 1. The molecule has 4 aromatic heterocycles. The van der Waals surface area contributed by atoms with Gasteiger partial charge in [-0.1, -0.05) is 6.07 Å². The molecule has 0 aliphatic heterocycles. The van der Waals surface area contributed by atoms with Crippen molar-refractivity contribution in [3.8, 4) is 11.4 Å². The second-order valence-corrected chi connectivity index (χ2v) is 6.78. The zero-order chi connectivity index (χ0) is 23.5. The number of carbonyl (C=O) groups is 2. The number of amides is 1. The van der Waals surface area contributed by atoms with Gasteiger partial charge in [-0.15, -0.1) is 0 Å². The zero-order valence-electron chi connectivity index (χ0n) is 17.0. The fourth-order valence-corrected chi connectivity index (χ4v) is 2.82. The normalized spacial score (nSPS) is 11.0. The third-order valence-corrected chi connectivity index (χ3v) is 4.25. The van der Waals surface area contributed by atoms with Crippen LogP contribution in [0.2, 0.25) is 0 Å². The van der Waals surface area contributed by atoms with Crippen LogP contribution in [0.5, 0.6) is 0 Å². The third-order valence-electron chi connectivity index (χ3n) is 4.25. The van der Waals surface area contributed by atoms with Gasteiger partial charge in [0.25, 0.3) is 5.91 Å². The van der Waals surface area contributed by atoms with Crippen molar-refractivity contribution in [3.63, 3.8) is 0 Å². The van der Waals surface area contributed by atoms with E-state index in [1.807, 2.05) is 77.9 Å². The molecule has 4 heterocycles. The lowest BCUT2D eigenvalue weighted by Gasteiger charge is -2.03. The number of nitrogens with zero attached hydrogens (tertiary/aromatic N) is 4. The summed E-state index contributed by atoms with van der Waals surface area (Å²) in [6.45, 7) is 1.96. The first kappa shape index (κ1) is 22.5. The topological polar surface area (TPSA) is 102 Å². The number of pyridine rings is 2. The van der Waals surface area contributed by atoms with Crippen LogP contribution in [-0.4, -0.2) is 42.1 Å². The van der Waals surface area contributed by atoms with Crippen molar-refractivity contribution in [2.24, 2.45) is 7.05 Å². The van der Waals surface area contributed by atoms with E-state index in [0.717, 1.165) is 22.5 Å². The number of carboxylic acid groups (broad SMARTS) is 1. The van der Waals surface area contributed by atoms with E-state index in [-0.39, 0.29) is 5.91 Å². The van der Waals surface area contributed by atoms with Crippen LogP contribution in [0.4, 0.5) is 19.0 Å². The minimum absolute atomic E-state index is 0.274.